The topological polar surface area (TPSA) is 30.0 Å². The van der Waals surface area contributed by atoms with Gasteiger partial charge in [0.05, 0.1) is 0 Å². The molecule has 1 aliphatic rings. The molecular formula is C20H21NO. The van der Waals surface area contributed by atoms with Gasteiger partial charge in [-0.1, -0.05) is 37.3 Å². The summed E-state index contributed by atoms with van der Waals surface area (Å²) in [6, 6.07) is 8.28. The minimum absolute atomic E-state index is 0.128. The number of pyridine rings is 1. The lowest BCUT2D eigenvalue weighted by Crippen LogP contribution is -2.13. The maximum absolute atomic E-state index is 12.7. The third-order valence-electron chi connectivity index (χ3n) is 4.60. The second-order valence-electron chi connectivity index (χ2n) is 6.23. The van der Waals surface area contributed by atoms with Crippen LogP contribution in [0.5, 0.6) is 0 Å². The summed E-state index contributed by atoms with van der Waals surface area (Å²) in [6.07, 6.45) is 6.50. The van der Waals surface area contributed by atoms with Crippen molar-refractivity contribution >= 4 is 5.78 Å². The molecule has 2 aromatic rings. The molecule has 1 aliphatic carbocycles. The lowest BCUT2D eigenvalue weighted by molar-refractivity contribution is 0.0965. The zero-order valence-corrected chi connectivity index (χ0v) is 13.2. The number of hydrogen-bond acceptors (Lipinski definition) is 2. The second-order valence-corrected chi connectivity index (χ2v) is 6.23. The van der Waals surface area contributed by atoms with E-state index in [0.717, 1.165) is 36.0 Å². The number of benzene rings is 1. The van der Waals surface area contributed by atoms with Gasteiger partial charge in [-0.15, -0.1) is 0 Å². The Hall–Kier alpha value is -2.22. The van der Waals surface area contributed by atoms with E-state index < -0.39 is 0 Å². The highest BCUT2D eigenvalue weighted by Gasteiger charge is 2.20. The number of aryl methyl sites for hydroxylation is 2. The molecule has 0 saturated carbocycles. The first-order valence-corrected chi connectivity index (χ1v) is 7.79. The van der Waals surface area contributed by atoms with Gasteiger partial charge in [-0.3, -0.25) is 9.78 Å². The molecule has 0 bridgehead atoms. The minimum Gasteiger partial charge on any atom is -0.293 e. The molecule has 3 rings (SSSR count). The summed E-state index contributed by atoms with van der Waals surface area (Å²) in [5, 5.41) is 0. The number of hydrogen-bond donors (Lipinski definition) is 0. The van der Waals surface area contributed by atoms with Gasteiger partial charge in [0.25, 0.3) is 0 Å². The van der Waals surface area contributed by atoms with Crippen LogP contribution in [-0.4, -0.2) is 10.8 Å². The lowest BCUT2D eigenvalue weighted by Gasteiger charge is -2.20. The van der Waals surface area contributed by atoms with Crippen molar-refractivity contribution in [3.8, 4) is 0 Å². The van der Waals surface area contributed by atoms with Crippen LogP contribution < -0.4 is 0 Å². The van der Waals surface area contributed by atoms with E-state index in [1.54, 1.807) is 12.4 Å². The summed E-state index contributed by atoms with van der Waals surface area (Å²) in [7, 11) is 0. The summed E-state index contributed by atoms with van der Waals surface area (Å²) in [5.74, 6) is 0.0385. The third kappa shape index (κ3) is 2.74. The number of Topliss-reactive ketones (excluding diaryl/α,β-unsaturated/α-hetero) is 1. The fourth-order valence-electron chi connectivity index (χ4n) is 3.12. The molecule has 0 spiro atoms. The van der Waals surface area contributed by atoms with Gasteiger partial charge in [-0.05, 0) is 54.5 Å². The lowest BCUT2D eigenvalue weighted by atomic mass is 9.84. The van der Waals surface area contributed by atoms with Crippen LogP contribution >= 0.6 is 0 Å². The molecule has 0 N–H and O–H groups in total. The molecule has 0 aliphatic heterocycles. The molecule has 1 aromatic carbocycles. The van der Waals surface area contributed by atoms with Gasteiger partial charge in [-0.2, -0.15) is 0 Å². The highest BCUT2D eigenvalue weighted by Crippen LogP contribution is 2.29. The van der Waals surface area contributed by atoms with Crippen molar-refractivity contribution in [2.24, 2.45) is 0 Å². The first-order valence-electron chi connectivity index (χ1n) is 7.79. The van der Waals surface area contributed by atoms with Crippen molar-refractivity contribution in [2.45, 2.75) is 39.0 Å². The zero-order chi connectivity index (χ0) is 15.7. The van der Waals surface area contributed by atoms with Crippen molar-refractivity contribution in [1.29, 1.82) is 0 Å². The Kier molecular flexibility index (Phi) is 3.93. The molecule has 112 valence electrons. The molecule has 0 amide bonds. The number of ketones is 1. The number of carbonyl (C=O) groups excluding carboxylic acids is 1. The van der Waals surface area contributed by atoms with E-state index in [1.165, 1.54) is 16.7 Å². The summed E-state index contributed by atoms with van der Waals surface area (Å²) in [5.41, 5.74) is 6.85. The van der Waals surface area contributed by atoms with Crippen molar-refractivity contribution in [3.05, 3.63) is 76.6 Å². The Bertz CT molecular complexity index is 745. The quantitative estimate of drug-likeness (QED) is 0.619. The van der Waals surface area contributed by atoms with E-state index in [-0.39, 0.29) is 11.7 Å². The van der Waals surface area contributed by atoms with Crippen molar-refractivity contribution < 1.29 is 4.79 Å². The standard InChI is InChI=1S/C20H21NO/c1-13-4-5-18-11-16(6-7-17(18)10-13)15(3)20(22)19-8-9-21-12-14(19)2/h6-9,11-12,15H,1,4-5,10H2,2-3H3. The monoisotopic (exact) mass is 291 g/mol. The molecular weight excluding hydrogens is 270 g/mol. The maximum atomic E-state index is 12.7. The van der Waals surface area contributed by atoms with Gasteiger partial charge in [0.2, 0.25) is 0 Å². The number of aromatic nitrogens is 1. The van der Waals surface area contributed by atoms with Gasteiger partial charge in [0, 0.05) is 23.9 Å². The molecule has 2 nitrogen and oxygen atoms in total. The molecule has 1 unspecified atom stereocenters. The number of fused-ring (bicyclic) bond motifs is 1. The van der Waals surface area contributed by atoms with Crippen molar-refractivity contribution in [2.75, 3.05) is 0 Å². The highest BCUT2D eigenvalue weighted by molar-refractivity contribution is 6.01. The molecule has 1 heterocycles. The smallest absolute Gasteiger partial charge is 0.170 e. The average Bonchev–Trinajstić information content (AvgIpc) is 2.53. The molecule has 2 heteroatoms. The third-order valence-corrected chi connectivity index (χ3v) is 4.60. The van der Waals surface area contributed by atoms with E-state index in [1.807, 2.05) is 19.9 Å². The van der Waals surface area contributed by atoms with E-state index in [0.29, 0.717) is 0 Å². The average molecular weight is 291 g/mol. The number of allylic oxidation sites excluding steroid dienone is 1. The van der Waals surface area contributed by atoms with Gasteiger partial charge < -0.3 is 0 Å². The summed E-state index contributed by atoms with van der Waals surface area (Å²) in [4.78, 5) is 16.8. The molecule has 0 fully saturated rings. The van der Waals surface area contributed by atoms with Crippen molar-refractivity contribution in [1.82, 2.24) is 4.98 Å². The van der Waals surface area contributed by atoms with Crippen LogP contribution in [0.25, 0.3) is 0 Å². The zero-order valence-electron chi connectivity index (χ0n) is 13.2. The normalized spacial score (nSPS) is 15.3. The number of carbonyl (C=O) groups is 1. The molecule has 0 radical (unpaired) electrons. The van der Waals surface area contributed by atoms with E-state index in [9.17, 15) is 4.79 Å². The molecule has 1 aromatic heterocycles. The Labute approximate surface area is 131 Å². The predicted molar refractivity (Wildman–Crippen MR) is 89.3 cm³/mol. The first kappa shape index (κ1) is 14.7. The number of nitrogens with zero attached hydrogens (tertiary/aromatic N) is 1. The van der Waals surface area contributed by atoms with E-state index in [4.69, 9.17) is 0 Å². The number of rotatable bonds is 3. The summed E-state index contributed by atoms with van der Waals surface area (Å²) < 4.78 is 0. The second kappa shape index (κ2) is 5.88. The Morgan fingerprint density at radius 2 is 2.05 bits per heavy atom. The van der Waals surface area contributed by atoms with Crippen molar-refractivity contribution in [3.63, 3.8) is 0 Å². The van der Waals surface area contributed by atoms with Gasteiger partial charge >= 0.3 is 0 Å². The van der Waals surface area contributed by atoms with Gasteiger partial charge in [-0.25, -0.2) is 0 Å². The Morgan fingerprint density at radius 3 is 2.82 bits per heavy atom. The van der Waals surface area contributed by atoms with Crippen LogP contribution in [0.3, 0.4) is 0 Å². The Morgan fingerprint density at radius 1 is 1.23 bits per heavy atom. The van der Waals surface area contributed by atoms with Crippen LogP contribution in [0.1, 0.15) is 51.9 Å². The van der Waals surface area contributed by atoms with Crippen LogP contribution in [0.4, 0.5) is 0 Å². The van der Waals surface area contributed by atoms with Gasteiger partial charge in [0.1, 0.15) is 0 Å². The Balaban J connectivity index is 1.89. The van der Waals surface area contributed by atoms with E-state index >= 15 is 0 Å². The molecule has 0 saturated heterocycles. The predicted octanol–water partition coefficient (Wildman–Crippen LogP) is 4.42. The van der Waals surface area contributed by atoms with Gasteiger partial charge in [0.15, 0.2) is 5.78 Å². The largest absolute Gasteiger partial charge is 0.293 e. The van der Waals surface area contributed by atoms with E-state index in [2.05, 4.69) is 29.8 Å². The summed E-state index contributed by atoms with van der Waals surface area (Å²) in [6.45, 7) is 8.02. The SMILES string of the molecule is C=C1CCc2cc(C(C)C(=O)c3ccncc3C)ccc2C1. The highest BCUT2D eigenvalue weighted by atomic mass is 16.1. The fraction of sp³-hybridized carbons (Fsp3) is 0.300. The fourth-order valence-corrected chi connectivity index (χ4v) is 3.12. The van der Waals surface area contributed by atoms with Crippen LogP contribution in [0.2, 0.25) is 0 Å². The molecule has 22 heavy (non-hydrogen) atoms. The summed E-state index contributed by atoms with van der Waals surface area (Å²) >= 11 is 0. The van der Waals surface area contributed by atoms with Crippen LogP contribution in [0.15, 0.2) is 48.8 Å². The maximum Gasteiger partial charge on any atom is 0.170 e. The van der Waals surface area contributed by atoms with Crippen LogP contribution in [0, 0.1) is 6.92 Å². The first-order chi connectivity index (χ1) is 10.6. The molecule has 1 atom stereocenters. The van der Waals surface area contributed by atoms with Crippen LogP contribution in [-0.2, 0) is 12.8 Å². The minimum atomic E-state index is -0.128.